The lowest BCUT2D eigenvalue weighted by atomic mass is 10.1. The molecule has 0 unspecified atom stereocenters. The normalized spacial score (nSPS) is 16.2. The number of sulfonamides is 1. The summed E-state index contributed by atoms with van der Waals surface area (Å²) in [7, 11) is -3.45. The van der Waals surface area contributed by atoms with Gasteiger partial charge in [-0.3, -0.25) is 0 Å². The number of nitrogens with two attached hydrogens (primary N) is 1. The molecule has 4 nitrogen and oxygen atoms in total. The third-order valence-corrected chi connectivity index (χ3v) is 6.13. The first-order valence-corrected chi connectivity index (χ1v) is 8.30. The number of thiophene rings is 1. The van der Waals surface area contributed by atoms with E-state index >= 15 is 0 Å². The topological polar surface area (TPSA) is 63.4 Å². The van der Waals surface area contributed by atoms with Crippen molar-refractivity contribution < 1.29 is 8.42 Å². The molecule has 1 aliphatic heterocycles. The Balaban J connectivity index is 1.94. The van der Waals surface area contributed by atoms with Gasteiger partial charge in [-0.05, 0) is 41.6 Å². The molecule has 0 spiro atoms. The van der Waals surface area contributed by atoms with Crippen LogP contribution in [0, 0.1) is 0 Å². The number of hydrogen-bond donors (Lipinski definition) is 1. The molecule has 0 amide bonds. The van der Waals surface area contributed by atoms with Crippen molar-refractivity contribution in [3.63, 3.8) is 0 Å². The van der Waals surface area contributed by atoms with Crippen LogP contribution < -0.4 is 5.73 Å². The van der Waals surface area contributed by atoms with Crippen LogP contribution in [0.2, 0.25) is 0 Å². The van der Waals surface area contributed by atoms with Crippen molar-refractivity contribution in [3.8, 4) is 0 Å². The van der Waals surface area contributed by atoms with Crippen LogP contribution in [-0.4, -0.2) is 19.3 Å². The van der Waals surface area contributed by atoms with E-state index in [2.05, 4.69) is 0 Å². The third kappa shape index (κ3) is 2.27. The minimum absolute atomic E-state index is 0.270. The molecule has 0 radical (unpaired) electrons. The molecule has 3 rings (SSSR count). The average Bonchev–Trinajstić information content (AvgIpc) is 2.85. The van der Waals surface area contributed by atoms with Crippen LogP contribution in [0.15, 0.2) is 40.6 Å². The second-order valence-electron chi connectivity index (χ2n) is 4.53. The zero-order valence-electron chi connectivity index (χ0n) is 10.2. The summed E-state index contributed by atoms with van der Waals surface area (Å²) < 4.78 is 26.6. The van der Waals surface area contributed by atoms with Gasteiger partial charge in [0.1, 0.15) is 0 Å². The Kier molecular flexibility index (Phi) is 3.08. The molecule has 2 N–H and O–H groups in total. The van der Waals surface area contributed by atoms with Gasteiger partial charge in [-0.1, -0.05) is 6.07 Å². The Morgan fingerprint density at radius 2 is 2.11 bits per heavy atom. The Hall–Kier alpha value is -1.37. The van der Waals surface area contributed by atoms with Crippen molar-refractivity contribution >= 4 is 27.0 Å². The second kappa shape index (κ2) is 4.63. The summed E-state index contributed by atoms with van der Waals surface area (Å²) in [5, 5.41) is 2.02. The molecule has 6 heteroatoms. The predicted molar refractivity (Wildman–Crippen MR) is 76.5 cm³/mol. The molecule has 0 fully saturated rings. The van der Waals surface area contributed by atoms with E-state index in [4.69, 9.17) is 5.73 Å². The monoisotopic (exact) mass is 294 g/mol. The van der Waals surface area contributed by atoms with Gasteiger partial charge in [-0.15, -0.1) is 11.3 Å². The molecular weight excluding hydrogens is 280 g/mol. The zero-order valence-corrected chi connectivity index (χ0v) is 11.9. The first-order chi connectivity index (χ1) is 9.07. The van der Waals surface area contributed by atoms with Gasteiger partial charge in [-0.2, -0.15) is 4.31 Å². The predicted octanol–water partition coefficient (Wildman–Crippen LogP) is 2.08. The van der Waals surface area contributed by atoms with Crippen molar-refractivity contribution in [1.29, 1.82) is 0 Å². The van der Waals surface area contributed by atoms with Crippen molar-refractivity contribution in [3.05, 3.63) is 46.2 Å². The Labute approximate surface area is 116 Å². The summed E-state index contributed by atoms with van der Waals surface area (Å²) in [6.07, 6.45) is 0.786. The Morgan fingerprint density at radius 1 is 1.26 bits per heavy atom. The highest BCUT2D eigenvalue weighted by Gasteiger charge is 2.28. The molecule has 0 bridgehead atoms. The standard InChI is InChI=1S/C13H14N2O2S2/c14-11-2-1-3-12(8-11)19(16,17)15-6-4-13-10(9-15)5-7-18-13/h1-3,5,7-8H,4,6,9,14H2. The Morgan fingerprint density at radius 3 is 2.89 bits per heavy atom. The minimum atomic E-state index is -3.45. The number of benzene rings is 1. The molecule has 0 saturated heterocycles. The number of fused-ring (bicyclic) bond motifs is 1. The first-order valence-electron chi connectivity index (χ1n) is 5.98. The smallest absolute Gasteiger partial charge is 0.243 e. The van der Waals surface area contributed by atoms with Gasteiger partial charge in [0.2, 0.25) is 10.0 Å². The largest absolute Gasteiger partial charge is 0.399 e. The van der Waals surface area contributed by atoms with Crippen LogP contribution >= 0.6 is 11.3 Å². The molecule has 2 heterocycles. The molecule has 1 aromatic heterocycles. The summed E-state index contributed by atoms with van der Waals surface area (Å²) in [6, 6.07) is 8.46. The summed E-state index contributed by atoms with van der Waals surface area (Å²) >= 11 is 1.69. The van der Waals surface area contributed by atoms with E-state index in [-0.39, 0.29) is 4.90 Å². The van der Waals surface area contributed by atoms with Gasteiger partial charge in [-0.25, -0.2) is 8.42 Å². The van der Waals surface area contributed by atoms with Gasteiger partial charge in [0, 0.05) is 23.7 Å². The molecule has 19 heavy (non-hydrogen) atoms. The van der Waals surface area contributed by atoms with Crippen molar-refractivity contribution in [2.24, 2.45) is 0 Å². The molecule has 0 saturated carbocycles. The maximum atomic E-state index is 12.5. The van der Waals surface area contributed by atoms with Crippen molar-refractivity contribution in [2.75, 3.05) is 12.3 Å². The average molecular weight is 294 g/mol. The summed E-state index contributed by atoms with van der Waals surface area (Å²) in [4.78, 5) is 1.56. The zero-order chi connectivity index (χ0) is 13.5. The van der Waals surface area contributed by atoms with Crippen LogP contribution in [0.4, 0.5) is 5.69 Å². The van der Waals surface area contributed by atoms with Crippen LogP contribution in [0.25, 0.3) is 0 Å². The minimum Gasteiger partial charge on any atom is -0.399 e. The van der Waals surface area contributed by atoms with Gasteiger partial charge in [0.05, 0.1) is 4.90 Å². The first kappa shape index (κ1) is 12.7. The highest BCUT2D eigenvalue weighted by Crippen LogP contribution is 2.28. The number of anilines is 1. The lowest BCUT2D eigenvalue weighted by Gasteiger charge is -2.26. The fourth-order valence-electron chi connectivity index (χ4n) is 2.25. The third-order valence-electron chi connectivity index (χ3n) is 3.27. The van der Waals surface area contributed by atoms with Crippen LogP contribution in [-0.2, 0) is 23.0 Å². The maximum Gasteiger partial charge on any atom is 0.243 e. The highest BCUT2D eigenvalue weighted by molar-refractivity contribution is 7.89. The van der Waals surface area contributed by atoms with E-state index in [1.165, 1.54) is 15.2 Å². The lowest BCUT2D eigenvalue weighted by molar-refractivity contribution is 0.394. The molecular formula is C13H14N2O2S2. The van der Waals surface area contributed by atoms with E-state index in [0.29, 0.717) is 18.8 Å². The fourth-order valence-corrected chi connectivity index (χ4v) is 4.62. The number of nitrogens with zero attached hydrogens (tertiary/aromatic N) is 1. The molecule has 0 aliphatic carbocycles. The van der Waals surface area contributed by atoms with Crippen LogP contribution in [0.1, 0.15) is 10.4 Å². The van der Waals surface area contributed by atoms with Crippen LogP contribution in [0.3, 0.4) is 0 Å². The van der Waals surface area contributed by atoms with E-state index in [9.17, 15) is 8.42 Å². The SMILES string of the molecule is Nc1cccc(S(=O)(=O)N2CCc3sccc3C2)c1. The maximum absolute atomic E-state index is 12.5. The summed E-state index contributed by atoms with van der Waals surface area (Å²) in [5.41, 5.74) is 7.25. The van der Waals surface area contributed by atoms with E-state index in [1.54, 1.807) is 29.5 Å². The van der Waals surface area contributed by atoms with Crippen LogP contribution in [0.5, 0.6) is 0 Å². The quantitative estimate of drug-likeness (QED) is 0.863. The summed E-state index contributed by atoms with van der Waals surface area (Å²) in [6.45, 7) is 0.987. The lowest BCUT2D eigenvalue weighted by Crippen LogP contribution is -2.35. The number of hydrogen-bond acceptors (Lipinski definition) is 4. The fraction of sp³-hybridized carbons (Fsp3) is 0.231. The second-order valence-corrected chi connectivity index (χ2v) is 7.47. The number of rotatable bonds is 2. The van der Waals surface area contributed by atoms with Gasteiger partial charge in [0.25, 0.3) is 0 Å². The molecule has 1 aromatic carbocycles. The summed E-state index contributed by atoms with van der Waals surface area (Å²) in [5.74, 6) is 0. The van der Waals surface area contributed by atoms with E-state index < -0.39 is 10.0 Å². The molecule has 1 aliphatic rings. The van der Waals surface area contributed by atoms with Gasteiger partial charge >= 0.3 is 0 Å². The highest BCUT2D eigenvalue weighted by atomic mass is 32.2. The van der Waals surface area contributed by atoms with Crippen molar-refractivity contribution in [2.45, 2.75) is 17.9 Å². The molecule has 2 aromatic rings. The van der Waals surface area contributed by atoms with E-state index in [0.717, 1.165) is 12.0 Å². The van der Waals surface area contributed by atoms with E-state index in [1.807, 2.05) is 11.4 Å². The number of nitrogen functional groups attached to an aromatic ring is 1. The molecule has 0 atom stereocenters. The van der Waals surface area contributed by atoms with Gasteiger partial charge < -0.3 is 5.73 Å². The Bertz CT molecular complexity index is 707. The van der Waals surface area contributed by atoms with Crippen molar-refractivity contribution in [1.82, 2.24) is 4.31 Å². The molecule has 100 valence electrons. The van der Waals surface area contributed by atoms with Gasteiger partial charge in [0.15, 0.2) is 0 Å².